The minimum Gasteiger partial charge on any atom is -0.497 e. The lowest BCUT2D eigenvalue weighted by Gasteiger charge is -2.33. The van der Waals surface area contributed by atoms with Crippen molar-refractivity contribution in [3.63, 3.8) is 0 Å². The highest BCUT2D eigenvalue weighted by Gasteiger charge is 2.31. The fraction of sp³-hybridized carbons (Fsp3) is 0.440. The van der Waals surface area contributed by atoms with Gasteiger partial charge in [0.2, 0.25) is 21.8 Å². The van der Waals surface area contributed by atoms with E-state index in [-0.39, 0.29) is 18.4 Å². The Morgan fingerprint density at radius 2 is 1.66 bits per heavy atom. The Kier molecular flexibility index (Phi) is 10.4. The van der Waals surface area contributed by atoms with Gasteiger partial charge in [-0.15, -0.1) is 0 Å². The topological polar surface area (TPSA) is 96.0 Å². The van der Waals surface area contributed by atoms with Gasteiger partial charge in [-0.25, -0.2) is 8.42 Å². The number of nitrogens with one attached hydrogen (secondary N) is 1. The first kappa shape index (κ1) is 28.5. The second-order valence-electron chi connectivity index (χ2n) is 8.68. The summed E-state index contributed by atoms with van der Waals surface area (Å²) in [5, 5.41) is 3.44. The minimum atomic E-state index is -3.79. The molecule has 0 aliphatic rings. The van der Waals surface area contributed by atoms with Crippen LogP contribution in [0.4, 0.5) is 5.69 Å². The summed E-state index contributed by atoms with van der Waals surface area (Å²) in [7, 11) is -2.28. The summed E-state index contributed by atoms with van der Waals surface area (Å²) >= 11 is 6.00. The average Bonchev–Trinajstić information content (AvgIpc) is 2.81. The van der Waals surface area contributed by atoms with Crippen molar-refractivity contribution < 1.29 is 22.7 Å². The maximum Gasteiger partial charge on any atom is 0.244 e. The Morgan fingerprint density at radius 1 is 1.06 bits per heavy atom. The van der Waals surface area contributed by atoms with E-state index in [1.165, 1.54) is 12.0 Å². The molecule has 0 aliphatic carbocycles. The zero-order chi connectivity index (χ0) is 26.2. The Bertz CT molecular complexity index is 1090. The lowest BCUT2D eigenvalue weighted by molar-refractivity contribution is -0.140. The van der Waals surface area contributed by atoms with Gasteiger partial charge in [0.25, 0.3) is 0 Å². The largest absolute Gasteiger partial charge is 0.497 e. The van der Waals surface area contributed by atoms with Crippen molar-refractivity contribution in [3.05, 3.63) is 59.1 Å². The Labute approximate surface area is 213 Å². The normalized spacial score (nSPS) is 12.2. The van der Waals surface area contributed by atoms with Gasteiger partial charge in [0.05, 0.1) is 19.1 Å². The maximum absolute atomic E-state index is 13.6. The molecule has 35 heavy (non-hydrogen) atoms. The molecule has 2 aromatic rings. The molecule has 0 spiro atoms. The number of rotatable bonds is 12. The SMILES string of the molecule is CC[C@@H](C(=O)NCC(C)C)N(Cc1ccc(Cl)cc1)C(=O)CN(c1ccc(OC)cc1)S(C)(=O)=O. The zero-order valence-corrected chi connectivity index (χ0v) is 22.4. The van der Waals surface area contributed by atoms with Gasteiger partial charge in [0.1, 0.15) is 18.3 Å². The van der Waals surface area contributed by atoms with Gasteiger partial charge in [-0.2, -0.15) is 0 Å². The number of amides is 2. The van der Waals surface area contributed by atoms with Crippen LogP contribution in [0.1, 0.15) is 32.8 Å². The average molecular weight is 524 g/mol. The van der Waals surface area contributed by atoms with Crippen LogP contribution < -0.4 is 14.4 Å². The molecule has 0 bridgehead atoms. The molecule has 0 heterocycles. The summed E-state index contributed by atoms with van der Waals surface area (Å²) in [4.78, 5) is 28.1. The van der Waals surface area contributed by atoms with Crippen molar-refractivity contribution in [3.8, 4) is 5.75 Å². The second-order valence-corrected chi connectivity index (χ2v) is 11.0. The number of halogens is 1. The number of benzene rings is 2. The molecule has 1 atom stereocenters. The van der Waals surface area contributed by atoms with Crippen molar-refractivity contribution in [1.29, 1.82) is 0 Å². The van der Waals surface area contributed by atoms with Crippen LogP contribution >= 0.6 is 11.6 Å². The summed E-state index contributed by atoms with van der Waals surface area (Å²) in [6.45, 7) is 5.93. The number of ether oxygens (including phenoxy) is 1. The smallest absolute Gasteiger partial charge is 0.244 e. The van der Waals surface area contributed by atoms with E-state index in [0.29, 0.717) is 29.4 Å². The molecule has 0 aromatic heterocycles. The first-order chi connectivity index (χ1) is 16.5. The molecule has 0 saturated heterocycles. The number of anilines is 1. The molecule has 0 radical (unpaired) electrons. The van der Waals surface area contributed by atoms with Crippen molar-refractivity contribution >= 4 is 39.1 Å². The minimum absolute atomic E-state index is 0.129. The highest BCUT2D eigenvalue weighted by Crippen LogP contribution is 2.23. The highest BCUT2D eigenvalue weighted by atomic mass is 35.5. The number of carbonyl (C=O) groups excluding carboxylic acids is 2. The third kappa shape index (κ3) is 8.43. The van der Waals surface area contributed by atoms with E-state index in [0.717, 1.165) is 16.1 Å². The quantitative estimate of drug-likeness (QED) is 0.457. The van der Waals surface area contributed by atoms with E-state index < -0.39 is 28.5 Å². The molecular formula is C25H34ClN3O5S. The highest BCUT2D eigenvalue weighted by molar-refractivity contribution is 7.92. The van der Waals surface area contributed by atoms with Crippen molar-refractivity contribution in [2.45, 2.75) is 39.8 Å². The van der Waals surface area contributed by atoms with Crippen LogP contribution in [0.2, 0.25) is 5.02 Å². The van der Waals surface area contributed by atoms with Crippen molar-refractivity contribution in [1.82, 2.24) is 10.2 Å². The first-order valence-corrected chi connectivity index (χ1v) is 13.6. The molecular weight excluding hydrogens is 490 g/mol. The summed E-state index contributed by atoms with van der Waals surface area (Å²) in [6.07, 6.45) is 1.41. The third-order valence-corrected chi connectivity index (χ3v) is 6.77. The lowest BCUT2D eigenvalue weighted by atomic mass is 10.1. The molecule has 0 unspecified atom stereocenters. The molecule has 0 aliphatic heterocycles. The Hall–Kier alpha value is -2.78. The predicted octanol–water partition coefficient (Wildman–Crippen LogP) is 3.69. The second kappa shape index (κ2) is 12.8. The predicted molar refractivity (Wildman–Crippen MR) is 139 cm³/mol. The van der Waals surface area contributed by atoms with E-state index in [2.05, 4.69) is 5.32 Å². The van der Waals surface area contributed by atoms with Gasteiger partial charge in [0, 0.05) is 18.1 Å². The van der Waals surface area contributed by atoms with Gasteiger partial charge >= 0.3 is 0 Å². The van der Waals surface area contributed by atoms with Crippen LogP contribution in [0, 0.1) is 5.92 Å². The Morgan fingerprint density at radius 3 is 2.14 bits per heavy atom. The molecule has 0 saturated carbocycles. The lowest BCUT2D eigenvalue weighted by Crippen LogP contribution is -2.52. The molecule has 0 fully saturated rings. The Balaban J connectivity index is 2.40. The van der Waals surface area contributed by atoms with Crippen LogP contribution in [-0.4, -0.2) is 57.6 Å². The van der Waals surface area contributed by atoms with Crippen LogP contribution in [-0.2, 0) is 26.2 Å². The van der Waals surface area contributed by atoms with E-state index in [4.69, 9.17) is 16.3 Å². The summed E-state index contributed by atoms with van der Waals surface area (Å²) in [5.41, 5.74) is 1.10. The molecule has 8 nitrogen and oxygen atoms in total. The van der Waals surface area contributed by atoms with Gasteiger partial charge in [0.15, 0.2) is 0 Å². The summed E-state index contributed by atoms with van der Waals surface area (Å²) in [5.74, 6) is 0.0324. The maximum atomic E-state index is 13.6. The van der Waals surface area contributed by atoms with Crippen LogP contribution in [0.5, 0.6) is 5.75 Å². The molecule has 10 heteroatoms. The van der Waals surface area contributed by atoms with E-state index in [9.17, 15) is 18.0 Å². The monoisotopic (exact) mass is 523 g/mol. The summed E-state index contributed by atoms with van der Waals surface area (Å²) < 4.78 is 31.4. The van der Waals surface area contributed by atoms with E-state index in [1.807, 2.05) is 20.8 Å². The number of sulfonamides is 1. The molecule has 2 amide bonds. The summed E-state index contributed by atoms with van der Waals surface area (Å²) in [6, 6.07) is 12.6. The zero-order valence-electron chi connectivity index (χ0n) is 20.8. The molecule has 1 N–H and O–H groups in total. The molecule has 192 valence electrons. The number of methoxy groups -OCH3 is 1. The van der Waals surface area contributed by atoms with Gasteiger partial charge in [-0.05, 0) is 54.3 Å². The first-order valence-electron chi connectivity index (χ1n) is 11.4. The van der Waals surface area contributed by atoms with Crippen molar-refractivity contribution in [2.75, 3.05) is 30.8 Å². The van der Waals surface area contributed by atoms with Gasteiger partial charge in [-0.1, -0.05) is 44.5 Å². The standard InChI is InChI=1S/C25H34ClN3O5S/c1-6-23(25(31)27-15-18(2)3)28(16-19-7-9-20(26)10-8-19)24(30)17-29(35(5,32)33)21-11-13-22(34-4)14-12-21/h7-14,18,23H,6,15-17H2,1-5H3,(H,27,31)/t23-/m0/s1. The number of hydrogen-bond donors (Lipinski definition) is 1. The van der Waals surface area contributed by atoms with Gasteiger partial charge < -0.3 is 15.0 Å². The van der Waals surface area contributed by atoms with Gasteiger partial charge in [-0.3, -0.25) is 13.9 Å². The fourth-order valence-corrected chi connectivity index (χ4v) is 4.47. The van der Waals surface area contributed by atoms with Crippen LogP contribution in [0.15, 0.2) is 48.5 Å². The van der Waals surface area contributed by atoms with Crippen molar-refractivity contribution in [2.24, 2.45) is 5.92 Å². The van der Waals surface area contributed by atoms with E-state index >= 15 is 0 Å². The number of carbonyl (C=O) groups is 2. The van der Waals surface area contributed by atoms with Crippen LogP contribution in [0.3, 0.4) is 0 Å². The number of nitrogens with zero attached hydrogens (tertiary/aromatic N) is 2. The number of hydrogen-bond acceptors (Lipinski definition) is 5. The fourth-order valence-electron chi connectivity index (χ4n) is 3.49. The van der Waals surface area contributed by atoms with E-state index in [1.54, 1.807) is 48.5 Å². The third-order valence-electron chi connectivity index (χ3n) is 5.38. The van der Waals surface area contributed by atoms with Crippen LogP contribution in [0.25, 0.3) is 0 Å². The molecule has 2 rings (SSSR count). The molecule has 2 aromatic carbocycles.